The molecule has 25 heavy (non-hydrogen) atoms. The summed E-state index contributed by atoms with van der Waals surface area (Å²) in [4.78, 5) is 19.4. The molecule has 0 atom stereocenters. The van der Waals surface area contributed by atoms with E-state index in [0.29, 0.717) is 11.5 Å². The van der Waals surface area contributed by atoms with Crippen molar-refractivity contribution in [1.29, 1.82) is 0 Å². The van der Waals surface area contributed by atoms with Crippen molar-refractivity contribution in [2.24, 2.45) is 5.73 Å². The number of benzene rings is 2. The molecule has 1 amide bonds. The van der Waals surface area contributed by atoms with Gasteiger partial charge in [-0.3, -0.25) is 4.79 Å². The summed E-state index contributed by atoms with van der Waals surface area (Å²) in [7, 11) is 0. The van der Waals surface area contributed by atoms with Crippen LogP contribution in [0, 0.1) is 0 Å². The Balaban J connectivity index is 1.86. The maximum atomic E-state index is 11.3. The van der Waals surface area contributed by atoms with Crippen molar-refractivity contribution in [3.63, 3.8) is 0 Å². The van der Waals surface area contributed by atoms with Gasteiger partial charge < -0.3 is 10.3 Å². The fraction of sp³-hybridized carbons (Fsp3) is 0. The van der Waals surface area contributed by atoms with Crippen LogP contribution in [0.25, 0.3) is 33.5 Å². The summed E-state index contributed by atoms with van der Waals surface area (Å²) in [5.41, 5.74) is 8.33. The van der Waals surface area contributed by atoms with Crippen molar-refractivity contribution >= 4 is 32.7 Å². The molecule has 7 heteroatoms. The van der Waals surface area contributed by atoms with Crippen molar-refractivity contribution in [1.82, 2.24) is 15.1 Å². The highest BCUT2D eigenvalue weighted by Crippen LogP contribution is 2.32. The number of carbonyl (C=O) groups is 1. The second kappa shape index (κ2) is 6.10. The van der Waals surface area contributed by atoms with Crippen LogP contribution in [0.3, 0.4) is 0 Å². The first kappa shape index (κ1) is 15.5. The second-order valence-corrected chi connectivity index (χ2v) is 6.30. The van der Waals surface area contributed by atoms with Crippen molar-refractivity contribution < 1.29 is 9.32 Å². The van der Waals surface area contributed by atoms with Crippen LogP contribution in [0.5, 0.6) is 0 Å². The lowest BCUT2D eigenvalue weighted by atomic mass is 10.0. The van der Waals surface area contributed by atoms with Gasteiger partial charge in [0.25, 0.3) is 5.91 Å². The van der Waals surface area contributed by atoms with E-state index in [1.165, 1.54) is 6.20 Å². The van der Waals surface area contributed by atoms with Gasteiger partial charge in [-0.1, -0.05) is 39.3 Å². The summed E-state index contributed by atoms with van der Waals surface area (Å²) in [5.74, 6) is -0.0137. The second-order valence-electron chi connectivity index (χ2n) is 5.38. The largest absolute Gasteiger partial charge is 0.363 e. The Hall–Kier alpha value is -3.06. The van der Waals surface area contributed by atoms with E-state index in [1.807, 2.05) is 42.5 Å². The minimum absolute atomic E-state index is 0.0184. The first-order valence-electron chi connectivity index (χ1n) is 7.40. The fourth-order valence-corrected chi connectivity index (χ4v) is 2.98. The number of nitrogens with zero attached hydrogens (tertiary/aromatic N) is 3. The van der Waals surface area contributed by atoms with Crippen LogP contribution in [-0.2, 0) is 0 Å². The van der Waals surface area contributed by atoms with Crippen molar-refractivity contribution in [3.05, 3.63) is 65.0 Å². The molecule has 122 valence electrons. The minimum atomic E-state index is -0.664. The molecule has 0 saturated heterocycles. The predicted octanol–water partition coefficient (Wildman–Crippen LogP) is 3.81. The monoisotopic (exact) mass is 394 g/mol. The standard InChI is InChI=1S/C18H11BrN4O2/c19-12-3-1-2-11(8-12)16-13-9-10(4-5-15(13)23-25-16)14-6-7-21-18(22-14)17(20)24/h1-9H,(H2,20,24). The Morgan fingerprint density at radius 1 is 1.08 bits per heavy atom. The molecule has 0 fully saturated rings. The molecule has 6 nitrogen and oxygen atoms in total. The topological polar surface area (TPSA) is 94.9 Å². The summed E-state index contributed by atoms with van der Waals surface area (Å²) in [6.45, 7) is 0. The Kier molecular flexibility index (Phi) is 3.77. The van der Waals surface area contributed by atoms with E-state index in [9.17, 15) is 4.79 Å². The number of fused-ring (bicyclic) bond motifs is 1. The Labute approximate surface area is 150 Å². The zero-order chi connectivity index (χ0) is 17.4. The molecule has 4 rings (SSSR count). The molecule has 0 unspecified atom stereocenters. The maximum Gasteiger partial charge on any atom is 0.286 e. The summed E-state index contributed by atoms with van der Waals surface area (Å²) in [5, 5.41) is 4.96. The molecule has 0 bridgehead atoms. The van der Waals surface area contributed by atoms with Crippen molar-refractivity contribution in [2.75, 3.05) is 0 Å². The highest BCUT2D eigenvalue weighted by molar-refractivity contribution is 9.10. The molecule has 0 saturated carbocycles. The summed E-state index contributed by atoms with van der Waals surface area (Å²) >= 11 is 3.46. The first-order chi connectivity index (χ1) is 12.1. The first-order valence-corrected chi connectivity index (χ1v) is 8.20. The highest BCUT2D eigenvalue weighted by Gasteiger charge is 2.13. The normalized spacial score (nSPS) is 10.9. The molecule has 0 aliphatic heterocycles. The number of aromatic nitrogens is 3. The Morgan fingerprint density at radius 2 is 1.96 bits per heavy atom. The number of hydrogen-bond acceptors (Lipinski definition) is 5. The summed E-state index contributed by atoms with van der Waals surface area (Å²) < 4.78 is 6.48. The van der Waals surface area contributed by atoms with Gasteiger partial charge in [-0.15, -0.1) is 0 Å². The molecule has 2 N–H and O–H groups in total. The van der Waals surface area contributed by atoms with Gasteiger partial charge in [0, 0.05) is 21.8 Å². The van der Waals surface area contributed by atoms with Gasteiger partial charge in [0.1, 0.15) is 5.52 Å². The molecule has 4 aromatic rings. The third-order valence-electron chi connectivity index (χ3n) is 3.73. The number of halogens is 1. The summed E-state index contributed by atoms with van der Waals surface area (Å²) in [6.07, 6.45) is 1.51. The molecular formula is C18H11BrN4O2. The molecule has 0 radical (unpaired) electrons. The van der Waals surface area contributed by atoms with Gasteiger partial charge in [-0.05, 0) is 30.3 Å². The van der Waals surface area contributed by atoms with Crippen molar-refractivity contribution in [2.45, 2.75) is 0 Å². The van der Waals surface area contributed by atoms with E-state index in [4.69, 9.17) is 10.3 Å². The SMILES string of the molecule is NC(=O)c1nccc(-c2ccc3noc(-c4cccc(Br)c4)c3c2)n1. The van der Waals surface area contributed by atoms with E-state index >= 15 is 0 Å². The van der Waals surface area contributed by atoms with Gasteiger partial charge in [-0.25, -0.2) is 9.97 Å². The van der Waals surface area contributed by atoms with Crippen LogP contribution in [0.2, 0.25) is 0 Å². The zero-order valence-electron chi connectivity index (χ0n) is 12.8. The Bertz CT molecular complexity index is 1110. The number of carbonyl (C=O) groups excluding carboxylic acids is 1. The van der Waals surface area contributed by atoms with Gasteiger partial charge in [-0.2, -0.15) is 0 Å². The smallest absolute Gasteiger partial charge is 0.286 e. The summed E-state index contributed by atoms with van der Waals surface area (Å²) in [6, 6.07) is 15.1. The van der Waals surface area contributed by atoms with Crippen molar-refractivity contribution in [3.8, 4) is 22.6 Å². The number of amides is 1. The van der Waals surface area contributed by atoms with E-state index in [-0.39, 0.29) is 5.82 Å². The molecule has 0 spiro atoms. The lowest BCUT2D eigenvalue weighted by Crippen LogP contribution is -2.15. The van der Waals surface area contributed by atoms with Gasteiger partial charge in [0.05, 0.1) is 11.1 Å². The maximum absolute atomic E-state index is 11.3. The van der Waals surface area contributed by atoms with Gasteiger partial charge in [0.15, 0.2) is 5.76 Å². The van der Waals surface area contributed by atoms with Crippen LogP contribution in [0.4, 0.5) is 0 Å². The third kappa shape index (κ3) is 2.89. The van der Waals surface area contributed by atoms with Crippen LogP contribution in [0.15, 0.2) is 63.7 Å². The molecule has 2 heterocycles. The van der Waals surface area contributed by atoms with Crippen LogP contribution >= 0.6 is 15.9 Å². The quantitative estimate of drug-likeness (QED) is 0.569. The van der Waals surface area contributed by atoms with Gasteiger partial charge >= 0.3 is 0 Å². The zero-order valence-corrected chi connectivity index (χ0v) is 14.4. The number of rotatable bonds is 3. The molecule has 2 aromatic heterocycles. The van der Waals surface area contributed by atoms with Crippen LogP contribution in [0.1, 0.15) is 10.6 Å². The lowest BCUT2D eigenvalue weighted by Gasteiger charge is -2.03. The van der Waals surface area contributed by atoms with E-state index in [2.05, 4.69) is 31.1 Å². The van der Waals surface area contributed by atoms with E-state index in [1.54, 1.807) is 6.07 Å². The highest BCUT2D eigenvalue weighted by atomic mass is 79.9. The number of nitrogens with two attached hydrogens (primary N) is 1. The minimum Gasteiger partial charge on any atom is -0.363 e. The molecule has 0 aliphatic carbocycles. The van der Waals surface area contributed by atoms with Gasteiger partial charge in [0.2, 0.25) is 5.82 Å². The van der Waals surface area contributed by atoms with E-state index in [0.717, 1.165) is 26.5 Å². The average Bonchev–Trinajstić information content (AvgIpc) is 3.05. The molecule has 0 aliphatic rings. The number of primary amides is 1. The lowest BCUT2D eigenvalue weighted by molar-refractivity contribution is 0.0990. The predicted molar refractivity (Wildman–Crippen MR) is 96.7 cm³/mol. The molecular weight excluding hydrogens is 384 g/mol. The Morgan fingerprint density at radius 3 is 2.76 bits per heavy atom. The third-order valence-corrected chi connectivity index (χ3v) is 4.23. The molecule has 2 aromatic carbocycles. The van der Waals surface area contributed by atoms with Crippen LogP contribution < -0.4 is 5.73 Å². The number of hydrogen-bond donors (Lipinski definition) is 1. The van der Waals surface area contributed by atoms with E-state index < -0.39 is 5.91 Å². The average molecular weight is 395 g/mol. The fourth-order valence-electron chi connectivity index (χ4n) is 2.58. The van der Waals surface area contributed by atoms with Crippen LogP contribution in [-0.4, -0.2) is 21.0 Å².